The van der Waals surface area contributed by atoms with Crippen molar-refractivity contribution in [3.05, 3.63) is 41.8 Å². The van der Waals surface area contributed by atoms with Crippen LogP contribution in [0.1, 0.15) is 18.9 Å². The average Bonchev–Trinajstić information content (AvgIpc) is 2.39. The van der Waals surface area contributed by atoms with Crippen LogP contribution < -0.4 is 21.7 Å². The molecule has 1 aromatic rings. The van der Waals surface area contributed by atoms with Crippen LogP contribution in [0.25, 0.3) is 0 Å². The van der Waals surface area contributed by atoms with Gasteiger partial charge in [0.15, 0.2) is 0 Å². The number of nitrogens with two attached hydrogens (primary N) is 2. The van der Waals surface area contributed by atoms with Gasteiger partial charge in [-0.2, -0.15) is 0 Å². The van der Waals surface area contributed by atoms with E-state index >= 15 is 0 Å². The van der Waals surface area contributed by atoms with Gasteiger partial charge < -0.3 is 21.7 Å². The number of hydrogen-bond acceptors (Lipinski definition) is 4. The topological polar surface area (TPSA) is 84.4 Å². The Labute approximate surface area is 115 Å². The molecule has 19 heavy (non-hydrogen) atoms. The molecule has 0 heterocycles. The summed E-state index contributed by atoms with van der Waals surface area (Å²) in [5.41, 5.74) is 12.8. The molecule has 106 valence electrons. The number of rotatable bonds is 4. The van der Waals surface area contributed by atoms with Crippen LogP contribution in [0.3, 0.4) is 0 Å². The Kier molecular flexibility index (Phi) is 7.84. The summed E-state index contributed by atoms with van der Waals surface area (Å²) >= 11 is 0. The van der Waals surface area contributed by atoms with Gasteiger partial charge in [-0.15, -0.1) is 0 Å². The molecule has 0 aliphatic heterocycles. The third-order valence-electron chi connectivity index (χ3n) is 2.45. The van der Waals surface area contributed by atoms with E-state index in [-0.39, 0.29) is 5.91 Å². The van der Waals surface area contributed by atoms with Crippen LogP contribution in [0.4, 0.5) is 5.69 Å². The first-order valence-electron chi connectivity index (χ1n) is 6.14. The van der Waals surface area contributed by atoms with Crippen LogP contribution in [-0.4, -0.2) is 20.0 Å². The minimum Gasteiger partial charge on any atom is -0.391 e. The Bertz CT molecular complexity index is 412. The third-order valence-corrected chi connectivity index (χ3v) is 2.45. The summed E-state index contributed by atoms with van der Waals surface area (Å²) in [5.74, 6) is 0.446. The van der Waals surface area contributed by atoms with Gasteiger partial charge in [-0.1, -0.05) is 24.6 Å². The average molecular weight is 264 g/mol. The first kappa shape index (κ1) is 16.8. The number of benzene rings is 1. The molecule has 0 saturated carbocycles. The van der Waals surface area contributed by atoms with E-state index in [0.29, 0.717) is 12.2 Å². The number of hydrogen-bond donors (Lipinski definition) is 3. The maximum atomic E-state index is 9.59. The second-order valence-corrected chi connectivity index (χ2v) is 4.07. The maximum Gasteiger partial charge on any atom is 0.217 e. The number of amides is 1. The summed E-state index contributed by atoms with van der Waals surface area (Å²) in [4.78, 5) is 11.5. The lowest BCUT2D eigenvalue weighted by Gasteiger charge is -2.19. The van der Waals surface area contributed by atoms with E-state index in [9.17, 15) is 4.79 Å². The molecule has 0 aliphatic rings. The zero-order chi connectivity index (χ0) is 14.8. The standard InChI is InChI=1S/C11H17N3.C3H7NO/c1-9-4-6-10(7-5-9)14(3)11(12)8-13-2;1-2-3(4)5/h4-8,13H,12H2,1-3H3;2H2,1H3,(H2,4,5)/b11-8-;. The van der Waals surface area contributed by atoms with Crippen molar-refractivity contribution >= 4 is 11.6 Å². The van der Waals surface area contributed by atoms with Crippen LogP contribution >= 0.6 is 0 Å². The molecule has 0 spiro atoms. The molecule has 0 unspecified atom stereocenters. The summed E-state index contributed by atoms with van der Waals surface area (Å²) in [7, 11) is 3.77. The first-order valence-corrected chi connectivity index (χ1v) is 6.14. The number of nitrogens with one attached hydrogen (secondary N) is 1. The predicted octanol–water partition coefficient (Wildman–Crippen LogP) is 1.29. The number of aryl methyl sites for hydroxylation is 1. The van der Waals surface area contributed by atoms with E-state index in [1.807, 2.05) is 31.1 Å². The highest BCUT2D eigenvalue weighted by molar-refractivity contribution is 5.73. The molecular formula is C14H24N4O. The minimum absolute atomic E-state index is 0.245. The van der Waals surface area contributed by atoms with Crippen LogP contribution in [0.5, 0.6) is 0 Å². The van der Waals surface area contributed by atoms with Gasteiger partial charge in [-0.25, -0.2) is 0 Å². The fraction of sp³-hybridized carbons (Fsp3) is 0.357. The molecule has 0 aliphatic carbocycles. The molecule has 0 bridgehead atoms. The maximum absolute atomic E-state index is 9.59. The summed E-state index contributed by atoms with van der Waals surface area (Å²) < 4.78 is 0. The van der Waals surface area contributed by atoms with E-state index < -0.39 is 0 Å². The van der Waals surface area contributed by atoms with E-state index in [1.54, 1.807) is 13.1 Å². The Balaban J connectivity index is 0.000000555. The molecule has 5 heteroatoms. The summed E-state index contributed by atoms with van der Waals surface area (Å²) in [5, 5.41) is 2.90. The number of anilines is 1. The van der Waals surface area contributed by atoms with Crippen LogP contribution in [0, 0.1) is 6.92 Å². The monoisotopic (exact) mass is 264 g/mol. The summed E-state index contributed by atoms with van der Waals surface area (Å²) in [6.07, 6.45) is 2.21. The molecule has 0 aromatic heterocycles. The molecule has 0 fully saturated rings. The Morgan fingerprint density at radius 2 is 1.79 bits per heavy atom. The summed E-state index contributed by atoms with van der Waals surface area (Å²) in [6.45, 7) is 3.79. The Morgan fingerprint density at radius 3 is 2.16 bits per heavy atom. The van der Waals surface area contributed by atoms with E-state index in [4.69, 9.17) is 5.73 Å². The highest BCUT2D eigenvalue weighted by atomic mass is 16.1. The van der Waals surface area contributed by atoms with E-state index in [2.05, 4.69) is 30.1 Å². The lowest BCUT2D eigenvalue weighted by molar-refractivity contribution is -0.117. The predicted molar refractivity (Wildman–Crippen MR) is 80.4 cm³/mol. The van der Waals surface area contributed by atoms with E-state index in [1.165, 1.54) is 5.56 Å². The highest BCUT2D eigenvalue weighted by Crippen LogP contribution is 2.15. The molecule has 0 atom stereocenters. The number of carbonyl (C=O) groups is 1. The highest BCUT2D eigenvalue weighted by Gasteiger charge is 2.01. The van der Waals surface area contributed by atoms with Gasteiger partial charge in [0.2, 0.25) is 5.91 Å². The minimum atomic E-state index is -0.245. The van der Waals surface area contributed by atoms with Crippen LogP contribution in [0.2, 0.25) is 0 Å². The van der Waals surface area contributed by atoms with Gasteiger partial charge in [0.25, 0.3) is 0 Å². The molecule has 5 N–H and O–H groups in total. The second-order valence-electron chi connectivity index (χ2n) is 4.07. The van der Waals surface area contributed by atoms with Gasteiger partial charge in [0.05, 0.1) is 0 Å². The number of nitrogens with zero attached hydrogens (tertiary/aromatic N) is 1. The fourth-order valence-corrected chi connectivity index (χ4v) is 1.16. The van der Waals surface area contributed by atoms with Gasteiger partial charge in [0.1, 0.15) is 5.82 Å². The van der Waals surface area contributed by atoms with Crippen molar-refractivity contribution in [3.8, 4) is 0 Å². The second kappa shape index (κ2) is 8.85. The molecule has 0 saturated heterocycles. The Morgan fingerprint density at radius 1 is 1.32 bits per heavy atom. The SMILES string of the molecule is CCC(N)=O.CN/C=C(/N)N(C)c1ccc(C)cc1. The van der Waals surface area contributed by atoms with Crippen molar-refractivity contribution in [1.82, 2.24) is 5.32 Å². The zero-order valence-electron chi connectivity index (χ0n) is 12.1. The molecular weight excluding hydrogens is 240 g/mol. The van der Waals surface area contributed by atoms with Gasteiger partial charge in [-0.05, 0) is 19.1 Å². The smallest absolute Gasteiger partial charge is 0.217 e. The van der Waals surface area contributed by atoms with Gasteiger partial charge in [-0.3, -0.25) is 4.79 Å². The molecule has 1 rings (SSSR count). The van der Waals surface area contributed by atoms with Crippen LogP contribution in [0.15, 0.2) is 36.3 Å². The number of primary amides is 1. The Hall–Kier alpha value is -2.17. The normalized spacial score (nSPS) is 10.2. The van der Waals surface area contributed by atoms with Crippen molar-refractivity contribution in [2.24, 2.45) is 11.5 Å². The van der Waals surface area contributed by atoms with Crippen molar-refractivity contribution in [2.75, 3.05) is 19.0 Å². The summed E-state index contributed by atoms with van der Waals surface area (Å²) in [6, 6.07) is 8.23. The zero-order valence-corrected chi connectivity index (χ0v) is 12.1. The molecule has 0 radical (unpaired) electrons. The lowest BCUT2D eigenvalue weighted by atomic mass is 10.2. The van der Waals surface area contributed by atoms with Crippen molar-refractivity contribution < 1.29 is 4.79 Å². The molecule has 1 amide bonds. The number of carbonyl (C=O) groups excluding carboxylic acids is 1. The molecule has 5 nitrogen and oxygen atoms in total. The molecule has 1 aromatic carbocycles. The lowest BCUT2D eigenvalue weighted by Crippen LogP contribution is -2.24. The van der Waals surface area contributed by atoms with Crippen molar-refractivity contribution in [1.29, 1.82) is 0 Å². The van der Waals surface area contributed by atoms with Crippen molar-refractivity contribution in [2.45, 2.75) is 20.3 Å². The third kappa shape index (κ3) is 6.98. The van der Waals surface area contributed by atoms with E-state index in [0.717, 1.165) is 5.69 Å². The van der Waals surface area contributed by atoms with Gasteiger partial charge in [0, 0.05) is 32.4 Å². The largest absolute Gasteiger partial charge is 0.391 e. The van der Waals surface area contributed by atoms with Gasteiger partial charge >= 0.3 is 0 Å². The first-order chi connectivity index (χ1) is 8.92. The fourth-order valence-electron chi connectivity index (χ4n) is 1.16. The van der Waals surface area contributed by atoms with Crippen LogP contribution in [-0.2, 0) is 4.79 Å². The quantitative estimate of drug-likeness (QED) is 0.765. The van der Waals surface area contributed by atoms with Crippen molar-refractivity contribution in [3.63, 3.8) is 0 Å².